The minimum Gasteiger partial charge on any atom is -0.338 e. The molecule has 170 valence electrons. The number of hydrogen-bond donors (Lipinski definition) is 2. The Morgan fingerprint density at radius 3 is 2.47 bits per heavy atom. The summed E-state index contributed by atoms with van der Waals surface area (Å²) in [5.41, 5.74) is 1.74. The Bertz CT molecular complexity index is 1010. The average molecular weight is 495 g/mol. The second kappa shape index (κ2) is 10.3. The predicted molar refractivity (Wildman–Crippen MR) is 130 cm³/mol. The standard InChI is InChI=1S/C24H26Cl3N3O2/c25-18-6-5-16(21(26)11-18)13-28-24(32)29-19-7-8-20(22(27)12-19)23(31)30-10-9-15-3-1-2-4-17(15)14-30/h5-8,11-12,15,17H,1-4,9-10,13-14H2,(H2,28,29,32)/t15-,17+/m1/s1. The second-order valence-corrected chi connectivity index (χ2v) is 9.83. The molecule has 0 unspecified atom stereocenters. The van der Waals surface area contributed by atoms with E-state index < -0.39 is 6.03 Å². The lowest BCUT2D eigenvalue weighted by Crippen LogP contribution is -2.44. The lowest BCUT2D eigenvalue weighted by molar-refractivity contribution is 0.0521. The molecule has 3 amide bonds. The maximum atomic E-state index is 13.1. The average Bonchev–Trinajstić information content (AvgIpc) is 2.78. The van der Waals surface area contributed by atoms with Crippen molar-refractivity contribution in [1.82, 2.24) is 10.2 Å². The fourth-order valence-electron chi connectivity index (χ4n) is 4.74. The van der Waals surface area contributed by atoms with Gasteiger partial charge in [-0.3, -0.25) is 4.79 Å². The summed E-state index contributed by atoms with van der Waals surface area (Å²) in [7, 11) is 0. The highest BCUT2D eigenvalue weighted by atomic mass is 35.5. The number of nitrogens with one attached hydrogen (secondary N) is 2. The molecule has 0 bridgehead atoms. The molecule has 2 fully saturated rings. The molecule has 4 rings (SSSR count). The van der Waals surface area contributed by atoms with Crippen LogP contribution in [-0.4, -0.2) is 29.9 Å². The van der Waals surface area contributed by atoms with Gasteiger partial charge in [0.2, 0.25) is 0 Å². The summed E-state index contributed by atoms with van der Waals surface area (Å²) in [6.45, 7) is 1.85. The molecule has 1 aliphatic carbocycles. The molecule has 1 saturated heterocycles. The fraction of sp³-hybridized carbons (Fsp3) is 0.417. The molecule has 2 aliphatic rings. The Kier molecular flexibility index (Phi) is 7.49. The molecule has 1 saturated carbocycles. The molecular formula is C24H26Cl3N3O2. The minimum absolute atomic E-state index is 0.0348. The Labute approximate surface area is 203 Å². The molecule has 0 radical (unpaired) electrons. The number of carbonyl (C=O) groups excluding carboxylic acids is 2. The highest BCUT2D eigenvalue weighted by Gasteiger charge is 2.33. The maximum absolute atomic E-state index is 13.1. The summed E-state index contributed by atoms with van der Waals surface area (Å²) < 4.78 is 0. The molecule has 0 aromatic heterocycles. The van der Waals surface area contributed by atoms with E-state index in [0.717, 1.165) is 31.0 Å². The fourth-order valence-corrected chi connectivity index (χ4v) is 5.47. The summed E-state index contributed by atoms with van der Waals surface area (Å²) in [5, 5.41) is 6.84. The lowest BCUT2D eigenvalue weighted by atomic mass is 9.75. The van der Waals surface area contributed by atoms with Gasteiger partial charge in [0.1, 0.15) is 0 Å². The molecule has 2 aromatic carbocycles. The first kappa shape index (κ1) is 23.2. The molecule has 1 heterocycles. The molecule has 1 aliphatic heterocycles. The van der Waals surface area contributed by atoms with E-state index in [2.05, 4.69) is 10.6 Å². The van der Waals surface area contributed by atoms with E-state index in [1.165, 1.54) is 25.7 Å². The van der Waals surface area contributed by atoms with Crippen molar-refractivity contribution in [3.05, 3.63) is 62.6 Å². The first-order chi connectivity index (χ1) is 15.4. The number of anilines is 1. The number of rotatable bonds is 4. The monoisotopic (exact) mass is 493 g/mol. The van der Waals surface area contributed by atoms with Crippen molar-refractivity contribution in [1.29, 1.82) is 0 Å². The van der Waals surface area contributed by atoms with Crippen molar-refractivity contribution < 1.29 is 9.59 Å². The predicted octanol–water partition coefficient (Wildman–Crippen LogP) is 6.62. The van der Waals surface area contributed by atoms with E-state index in [9.17, 15) is 9.59 Å². The van der Waals surface area contributed by atoms with Gasteiger partial charge in [0.25, 0.3) is 5.91 Å². The van der Waals surface area contributed by atoms with Crippen LogP contribution >= 0.6 is 34.8 Å². The number of piperidine rings is 1. The Hall–Kier alpha value is -1.95. The van der Waals surface area contributed by atoms with E-state index in [1.807, 2.05) is 4.90 Å². The third-order valence-electron chi connectivity index (χ3n) is 6.49. The van der Waals surface area contributed by atoms with E-state index in [4.69, 9.17) is 34.8 Å². The number of urea groups is 1. The number of amides is 3. The van der Waals surface area contributed by atoms with Crippen LogP contribution in [0.1, 0.15) is 48.0 Å². The first-order valence-electron chi connectivity index (χ1n) is 11.0. The molecule has 8 heteroatoms. The SMILES string of the molecule is O=C(NCc1ccc(Cl)cc1Cl)Nc1ccc(C(=O)N2CC[C@H]3CCCC[C@H]3C2)c(Cl)c1. The van der Waals surface area contributed by atoms with Crippen LogP contribution in [0.3, 0.4) is 0 Å². The zero-order chi connectivity index (χ0) is 22.7. The van der Waals surface area contributed by atoms with E-state index >= 15 is 0 Å². The minimum atomic E-state index is -0.398. The zero-order valence-electron chi connectivity index (χ0n) is 17.7. The molecule has 0 spiro atoms. The van der Waals surface area contributed by atoms with Crippen molar-refractivity contribution in [2.45, 2.75) is 38.6 Å². The van der Waals surface area contributed by atoms with Crippen molar-refractivity contribution in [2.24, 2.45) is 11.8 Å². The van der Waals surface area contributed by atoms with Crippen LogP contribution < -0.4 is 10.6 Å². The third-order valence-corrected chi connectivity index (χ3v) is 7.39. The van der Waals surface area contributed by atoms with Crippen LogP contribution in [0.25, 0.3) is 0 Å². The molecule has 5 nitrogen and oxygen atoms in total. The Morgan fingerprint density at radius 1 is 0.938 bits per heavy atom. The maximum Gasteiger partial charge on any atom is 0.319 e. The Morgan fingerprint density at radius 2 is 1.72 bits per heavy atom. The van der Waals surface area contributed by atoms with Gasteiger partial charge in [0.05, 0.1) is 10.6 Å². The molecular weight excluding hydrogens is 469 g/mol. The highest BCUT2D eigenvalue weighted by Crippen LogP contribution is 2.37. The van der Waals surface area contributed by atoms with Gasteiger partial charge >= 0.3 is 6.03 Å². The summed E-state index contributed by atoms with van der Waals surface area (Å²) in [6, 6.07) is 9.70. The number of fused-ring (bicyclic) bond motifs is 1. The number of nitrogens with zero attached hydrogens (tertiary/aromatic N) is 1. The van der Waals surface area contributed by atoms with Gasteiger partial charge in [-0.05, 0) is 60.6 Å². The molecule has 2 aromatic rings. The topological polar surface area (TPSA) is 61.4 Å². The van der Waals surface area contributed by atoms with Gasteiger partial charge in [-0.1, -0.05) is 60.1 Å². The highest BCUT2D eigenvalue weighted by molar-refractivity contribution is 6.35. The van der Waals surface area contributed by atoms with E-state index in [1.54, 1.807) is 36.4 Å². The van der Waals surface area contributed by atoms with E-state index in [0.29, 0.717) is 32.2 Å². The quantitative estimate of drug-likeness (QED) is 0.501. The van der Waals surface area contributed by atoms with Crippen LogP contribution in [0.5, 0.6) is 0 Å². The number of carbonyl (C=O) groups is 2. The smallest absolute Gasteiger partial charge is 0.319 e. The van der Waals surface area contributed by atoms with Crippen LogP contribution in [0.2, 0.25) is 15.1 Å². The van der Waals surface area contributed by atoms with Gasteiger partial charge in [0.15, 0.2) is 0 Å². The van der Waals surface area contributed by atoms with Crippen LogP contribution in [0.4, 0.5) is 10.5 Å². The number of halogens is 3. The largest absolute Gasteiger partial charge is 0.338 e. The molecule has 2 atom stereocenters. The second-order valence-electron chi connectivity index (χ2n) is 8.58. The van der Waals surface area contributed by atoms with Crippen LogP contribution in [0, 0.1) is 11.8 Å². The van der Waals surface area contributed by atoms with Crippen molar-refractivity contribution >= 4 is 52.4 Å². The zero-order valence-corrected chi connectivity index (χ0v) is 19.9. The van der Waals surface area contributed by atoms with Gasteiger partial charge < -0.3 is 15.5 Å². The summed E-state index contributed by atoms with van der Waals surface area (Å²) >= 11 is 18.4. The lowest BCUT2D eigenvalue weighted by Gasteiger charge is -2.41. The third kappa shape index (κ3) is 5.51. The van der Waals surface area contributed by atoms with Crippen molar-refractivity contribution in [2.75, 3.05) is 18.4 Å². The normalized spacial score (nSPS) is 20.4. The number of hydrogen-bond acceptors (Lipinski definition) is 2. The summed E-state index contributed by atoms with van der Waals surface area (Å²) in [6.07, 6.45) is 6.15. The van der Waals surface area contributed by atoms with Crippen LogP contribution in [-0.2, 0) is 6.54 Å². The summed E-state index contributed by atoms with van der Waals surface area (Å²) in [5.74, 6) is 1.34. The van der Waals surface area contributed by atoms with E-state index in [-0.39, 0.29) is 12.5 Å². The summed E-state index contributed by atoms with van der Waals surface area (Å²) in [4.78, 5) is 27.3. The molecule has 32 heavy (non-hydrogen) atoms. The number of likely N-dealkylation sites (tertiary alicyclic amines) is 1. The Balaban J connectivity index is 1.34. The van der Waals surface area contributed by atoms with Gasteiger partial charge in [-0.15, -0.1) is 0 Å². The van der Waals surface area contributed by atoms with Crippen LogP contribution in [0.15, 0.2) is 36.4 Å². The van der Waals surface area contributed by atoms with Gasteiger partial charge in [0, 0.05) is 35.4 Å². The molecule has 2 N–H and O–H groups in total. The van der Waals surface area contributed by atoms with Crippen molar-refractivity contribution in [3.63, 3.8) is 0 Å². The van der Waals surface area contributed by atoms with Gasteiger partial charge in [-0.25, -0.2) is 4.79 Å². The van der Waals surface area contributed by atoms with Crippen molar-refractivity contribution in [3.8, 4) is 0 Å². The number of benzene rings is 2. The first-order valence-corrected chi connectivity index (χ1v) is 12.1. The van der Waals surface area contributed by atoms with Gasteiger partial charge in [-0.2, -0.15) is 0 Å².